The minimum atomic E-state index is -3.08. The number of fused-ring (bicyclic) bond motifs is 1. The van der Waals surface area contributed by atoms with Crippen LogP contribution in [0.15, 0.2) is 24.4 Å². The zero-order valence-electron chi connectivity index (χ0n) is 12.4. The van der Waals surface area contributed by atoms with E-state index in [1.54, 1.807) is 18.2 Å². The normalized spacial score (nSPS) is 19.8. The summed E-state index contributed by atoms with van der Waals surface area (Å²) in [7, 11) is -3.08. The molecule has 6 nitrogen and oxygen atoms in total. The molecule has 1 aromatic heterocycles. The highest BCUT2D eigenvalue weighted by Crippen LogP contribution is 2.25. The van der Waals surface area contributed by atoms with Crippen LogP contribution < -0.4 is 5.32 Å². The zero-order chi connectivity index (χ0) is 16.8. The van der Waals surface area contributed by atoms with Crippen molar-refractivity contribution in [2.75, 3.05) is 11.5 Å². The van der Waals surface area contributed by atoms with Gasteiger partial charge in [-0.2, -0.15) is 0 Å². The molecule has 1 aromatic carbocycles. The van der Waals surface area contributed by atoms with Crippen molar-refractivity contribution >= 4 is 44.2 Å². The Hall–Kier alpha value is -1.86. The molecule has 23 heavy (non-hydrogen) atoms. The van der Waals surface area contributed by atoms with Crippen molar-refractivity contribution < 1.29 is 18.0 Å². The Labute approximate surface area is 138 Å². The van der Waals surface area contributed by atoms with E-state index in [2.05, 4.69) is 5.32 Å². The number of carbonyl (C=O) groups is 2. The first kappa shape index (κ1) is 16.0. The number of amides is 1. The van der Waals surface area contributed by atoms with Crippen LogP contribution in [0.5, 0.6) is 0 Å². The van der Waals surface area contributed by atoms with E-state index in [1.807, 2.05) is 0 Å². The number of hydrogen-bond acceptors (Lipinski definition) is 4. The summed E-state index contributed by atoms with van der Waals surface area (Å²) in [6, 6.07) is 4.54. The molecule has 2 aromatic rings. The summed E-state index contributed by atoms with van der Waals surface area (Å²) in [4.78, 5) is 24.2. The number of benzene rings is 1. The Morgan fingerprint density at radius 3 is 2.70 bits per heavy atom. The van der Waals surface area contributed by atoms with Gasteiger partial charge in [0.2, 0.25) is 5.91 Å². The first-order valence-corrected chi connectivity index (χ1v) is 9.29. The Morgan fingerprint density at radius 2 is 2.09 bits per heavy atom. The number of sulfone groups is 1. The number of hydrogen-bond donors (Lipinski definition) is 1. The number of rotatable bonds is 2. The molecule has 0 spiro atoms. The van der Waals surface area contributed by atoms with Crippen molar-refractivity contribution in [1.82, 2.24) is 9.88 Å². The number of aromatic nitrogens is 1. The predicted molar refractivity (Wildman–Crippen MR) is 87.8 cm³/mol. The van der Waals surface area contributed by atoms with Gasteiger partial charge in [-0.05, 0) is 24.6 Å². The van der Waals surface area contributed by atoms with Crippen LogP contribution in [0.2, 0.25) is 5.02 Å². The molecule has 0 radical (unpaired) electrons. The van der Waals surface area contributed by atoms with Crippen LogP contribution in [-0.4, -0.2) is 42.3 Å². The predicted octanol–water partition coefficient (Wildman–Crippen LogP) is 1.87. The molecule has 1 fully saturated rings. The molecule has 0 aliphatic carbocycles. The van der Waals surface area contributed by atoms with Crippen LogP contribution in [0.25, 0.3) is 10.9 Å². The highest BCUT2D eigenvalue weighted by molar-refractivity contribution is 7.91. The molecule has 1 aliphatic rings. The smallest absolute Gasteiger partial charge is 0.253 e. The zero-order valence-corrected chi connectivity index (χ0v) is 13.9. The summed E-state index contributed by atoms with van der Waals surface area (Å²) >= 11 is 5.99. The standard InChI is InChI=1S/C15H15ClN2O4S/c1-9(19)18-7-13(12-6-10(16)2-3-14(12)18)15(20)17-11-4-5-23(21,22)8-11/h2-3,6-7,11H,4-5,8H2,1H3,(H,17,20). The maximum Gasteiger partial charge on any atom is 0.253 e. The van der Waals surface area contributed by atoms with Gasteiger partial charge in [0.05, 0.1) is 22.6 Å². The minimum Gasteiger partial charge on any atom is -0.348 e. The van der Waals surface area contributed by atoms with Crippen molar-refractivity contribution in [2.24, 2.45) is 0 Å². The molecule has 2 heterocycles. The fourth-order valence-electron chi connectivity index (χ4n) is 2.82. The number of halogens is 1. The van der Waals surface area contributed by atoms with Gasteiger partial charge in [0.1, 0.15) is 0 Å². The maximum atomic E-state index is 12.5. The fourth-order valence-corrected chi connectivity index (χ4v) is 4.66. The Balaban J connectivity index is 1.97. The van der Waals surface area contributed by atoms with E-state index < -0.39 is 21.8 Å². The summed E-state index contributed by atoms with van der Waals surface area (Å²) < 4.78 is 24.4. The molecule has 0 bridgehead atoms. The Kier molecular flexibility index (Phi) is 3.93. The van der Waals surface area contributed by atoms with Crippen LogP contribution in [0, 0.1) is 0 Å². The van der Waals surface area contributed by atoms with Crippen molar-refractivity contribution in [3.63, 3.8) is 0 Å². The highest BCUT2D eigenvalue weighted by Gasteiger charge is 2.30. The quantitative estimate of drug-likeness (QED) is 0.892. The largest absolute Gasteiger partial charge is 0.348 e. The second-order valence-electron chi connectivity index (χ2n) is 5.67. The Bertz CT molecular complexity index is 917. The molecular formula is C15H15ClN2O4S. The van der Waals surface area contributed by atoms with Crippen LogP contribution in [0.4, 0.5) is 0 Å². The molecule has 8 heteroatoms. The lowest BCUT2D eigenvalue weighted by molar-refractivity contribution is 0.0941. The van der Waals surface area contributed by atoms with Crippen molar-refractivity contribution in [3.8, 4) is 0 Å². The van der Waals surface area contributed by atoms with Gasteiger partial charge in [-0.3, -0.25) is 14.2 Å². The third-order valence-electron chi connectivity index (χ3n) is 3.92. The summed E-state index contributed by atoms with van der Waals surface area (Å²) in [5.41, 5.74) is 0.896. The molecule has 1 unspecified atom stereocenters. The lowest BCUT2D eigenvalue weighted by Crippen LogP contribution is -2.35. The van der Waals surface area contributed by atoms with Gasteiger partial charge in [0.15, 0.2) is 9.84 Å². The van der Waals surface area contributed by atoms with E-state index in [9.17, 15) is 18.0 Å². The summed E-state index contributed by atoms with van der Waals surface area (Å²) in [5, 5.41) is 3.74. The first-order chi connectivity index (χ1) is 10.8. The van der Waals surface area contributed by atoms with E-state index in [-0.39, 0.29) is 17.4 Å². The number of nitrogens with zero attached hydrogens (tertiary/aromatic N) is 1. The van der Waals surface area contributed by atoms with E-state index in [1.165, 1.54) is 17.7 Å². The molecule has 1 saturated heterocycles. The fraction of sp³-hybridized carbons (Fsp3) is 0.333. The van der Waals surface area contributed by atoms with Gasteiger partial charge in [-0.15, -0.1) is 0 Å². The average Bonchev–Trinajstić information content (AvgIpc) is 2.98. The van der Waals surface area contributed by atoms with Crippen molar-refractivity contribution in [1.29, 1.82) is 0 Å². The lowest BCUT2D eigenvalue weighted by Gasteiger charge is -2.10. The van der Waals surface area contributed by atoms with Crippen molar-refractivity contribution in [2.45, 2.75) is 19.4 Å². The van der Waals surface area contributed by atoms with Gasteiger partial charge >= 0.3 is 0 Å². The maximum absolute atomic E-state index is 12.5. The van der Waals surface area contributed by atoms with Crippen LogP contribution >= 0.6 is 11.6 Å². The second-order valence-corrected chi connectivity index (χ2v) is 8.33. The first-order valence-electron chi connectivity index (χ1n) is 7.10. The number of nitrogens with one attached hydrogen (secondary N) is 1. The van der Waals surface area contributed by atoms with Gasteiger partial charge in [-0.25, -0.2) is 8.42 Å². The third-order valence-corrected chi connectivity index (χ3v) is 5.92. The third kappa shape index (κ3) is 3.11. The number of carbonyl (C=O) groups excluding carboxylic acids is 2. The van der Waals surface area contributed by atoms with E-state index in [0.717, 1.165) is 0 Å². The summed E-state index contributed by atoms with van der Waals surface area (Å²) in [6.07, 6.45) is 1.86. The average molecular weight is 355 g/mol. The molecule has 0 saturated carbocycles. The molecule has 3 rings (SSSR count). The van der Waals surface area contributed by atoms with Gasteiger partial charge in [-0.1, -0.05) is 11.6 Å². The van der Waals surface area contributed by atoms with Crippen LogP contribution in [0.1, 0.15) is 28.5 Å². The lowest BCUT2D eigenvalue weighted by atomic mass is 10.1. The van der Waals surface area contributed by atoms with E-state index in [0.29, 0.717) is 27.9 Å². The second kappa shape index (κ2) is 5.65. The molecule has 1 N–H and O–H groups in total. The summed E-state index contributed by atoms with van der Waals surface area (Å²) in [5.74, 6) is -0.594. The Morgan fingerprint density at radius 1 is 1.35 bits per heavy atom. The van der Waals surface area contributed by atoms with Crippen LogP contribution in [-0.2, 0) is 9.84 Å². The van der Waals surface area contributed by atoms with Crippen LogP contribution in [0.3, 0.4) is 0 Å². The highest BCUT2D eigenvalue weighted by atomic mass is 35.5. The minimum absolute atomic E-state index is 0.0507. The van der Waals surface area contributed by atoms with Gasteiger partial charge in [0, 0.05) is 29.6 Å². The van der Waals surface area contributed by atoms with E-state index in [4.69, 9.17) is 11.6 Å². The molecule has 1 aliphatic heterocycles. The molecule has 122 valence electrons. The topological polar surface area (TPSA) is 85.2 Å². The van der Waals surface area contributed by atoms with Crippen molar-refractivity contribution in [3.05, 3.63) is 35.0 Å². The molecule has 1 atom stereocenters. The van der Waals surface area contributed by atoms with E-state index >= 15 is 0 Å². The van der Waals surface area contributed by atoms with Gasteiger partial charge in [0.25, 0.3) is 5.91 Å². The SMILES string of the molecule is CC(=O)n1cc(C(=O)NC2CCS(=O)(=O)C2)c2cc(Cl)ccc21. The van der Waals surface area contributed by atoms with Gasteiger partial charge < -0.3 is 5.32 Å². The summed E-state index contributed by atoms with van der Waals surface area (Å²) in [6.45, 7) is 1.40. The monoisotopic (exact) mass is 354 g/mol. The molecular weight excluding hydrogens is 340 g/mol. The molecule has 1 amide bonds.